The Kier molecular flexibility index (Phi) is 3.14. The standard InChI is InChI=1S/C11H12N2O3/c1-2-15-11(14)9-10(16-7-13-9)8-5-3-4-6-12-8/h3-7,9-10H,2H2,1H3/t9-,10-/m0/s1. The van der Waals surface area contributed by atoms with Crippen LogP contribution in [0.2, 0.25) is 0 Å². The number of pyridine rings is 1. The molecule has 0 aliphatic carbocycles. The number of carbonyl (C=O) groups excluding carboxylic acids is 1. The molecule has 5 heteroatoms. The highest BCUT2D eigenvalue weighted by atomic mass is 16.5. The van der Waals surface area contributed by atoms with Gasteiger partial charge in [-0.3, -0.25) is 4.98 Å². The third kappa shape index (κ3) is 2.03. The molecule has 84 valence electrons. The topological polar surface area (TPSA) is 60.8 Å². The maximum absolute atomic E-state index is 11.6. The largest absolute Gasteiger partial charge is 0.471 e. The first-order chi connectivity index (χ1) is 7.83. The van der Waals surface area contributed by atoms with Crippen molar-refractivity contribution in [3.05, 3.63) is 30.1 Å². The molecule has 1 aromatic rings. The van der Waals surface area contributed by atoms with Crippen molar-refractivity contribution in [2.24, 2.45) is 4.99 Å². The molecule has 0 aromatic carbocycles. The van der Waals surface area contributed by atoms with Crippen molar-refractivity contribution >= 4 is 12.4 Å². The molecule has 0 saturated heterocycles. The first-order valence-electron chi connectivity index (χ1n) is 5.07. The van der Waals surface area contributed by atoms with Gasteiger partial charge in [0.05, 0.1) is 12.3 Å². The molecule has 0 fully saturated rings. The third-order valence-corrected chi connectivity index (χ3v) is 2.22. The fourth-order valence-corrected chi connectivity index (χ4v) is 1.51. The van der Waals surface area contributed by atoms with Gasteiger partial charge >= 0.3 is 5.97 Å². The Balaban J connectivity index is 2.14. The van der Waals surface area contributed by atoms with Gasteiger partial charge in [-0.1, -0.05) is 6.07 Å². The Hall–Kier alpha value is -1.91. The van der Waals surface area contributed by atoms with Gasteiger partial charge in [0.25, 0.3) is 0 Å². The van der Waals surface area contributed by atoms with Crippen molar-refractivity contribution in [3.63, 3.8) is 0 Å². The molecule has 0 unspecified atom stereocenters. The van der Waals surface area contributed by atoms with E-state index in [0.29, 0.717) is 12.3 Å². The van der Waals surface area contributed by atoms with Gasteiger partial charge in [-0.25, -0.2) is 9.79 Å². The summed E-state index contributed by atoms with van der Waals surface area (Å²) >= 11 is 0. The fourth-order valence-electron chi connectivity index (χ4n) is 1.51. The van der Waals surface area contributed by atoms with E-state index in [9.17, 15) is 4.79 Å². The van der Waals surface area contributed by atoms with Crippen LogP contribution < -0.4 is 0 Å². The highest BCUT2D eigenvalue weighted by Crippen LogP contribution is 2.25. The van der Waals surface area contributed by atoms with Crippen LogP contribution in [0.3, 0.4) is 0 Å². The number of aromatic nitrogens is 1. The lowest BCUT2D eigenvalue weighted by Gasteiger charge is -2.14. The molecule has 2 atom stereocenters. The molecule has 0 spiro atoms. The first-order valence-corrected chi connectivity index (χ1v) is 5.07. The molecule has 0 radical (unpaired) electrons. The van der Waals surface area contributed by atoms with E-state index in [4.69, 9.17) is 9.47 Å². The summed E-state index contributed by atoms with van der Waals surface area (Å²) in [5.74, 6) is -0.382. The van der Waals surface area contributed by atoms with Crippen molar-refractivity contribution in [1.29, 1.82) is 0 Å². The maximum atomic E-state index is 11.6. The molecule has 0 N–H and O–H groups in total. The number of rotatable bonds is 3. The van der Waals surface area contributed by atoms with Gasteiger partial charge in [0.1, 0.15) is 0 Å². The van der Waals surface area contributed by atoms with Crippen LogP contribution in [-0.2, 0) is 14.3 Å². The average Bonchev–Trinajstić information content (AvgIpc) is 2.79. The van der Waals surface area contributed by atoms with Crippen LogP contribution in [0.4, 0.5) is 0 Å². The lowest BCUT2D eigenvalue weighted by Crippen LogP contribution is -2.26. The molecule has 0 saturated carbocycles. The smallest absolute Gasteiger partial charge is 0.335 e. The van der Waals surface area contributed by atoms with Gasteiger partial charge in [0, 0.05) is 6.20 Å². The summed E-state index contributed by atoms with van der Waals surface area (Å²) in [6, 6.07) is 4.80. The van der Waals surface area contributed by atoms with Gasteiger partial charge in [-0.15, -0.1) is 0 Å². The Morgan fingerprint density at radius 3 is 3.12 bits per heavy atom. The monoisotopic (exact) mass is 220 g/mol. The minimum atomic E-state index is -0.644. The molecular formula is C11H12N2O3. The zero-order valence-electron chi connectivity index (χ0n) is 8.87. The second kappa shape index (κ2) is 4.74. The predicted molar refractivity (Wildman–Crippen MR) is 57.0 cm³/mol. The van der Waals surface area contributed by atoms with Gasteiger partial charge in [-0.05, 0) is 19.1 Å². The second-order valence-corrected chi connectivity index (χ2v) is 3.26. The van der Waals surface area contributed by atoms with E-state index >= 15 is 0 Å². The van der Waals surface area contributed by atoms with Crippen LogP contribution in [0, 0.1) is 0 Å². The van der Waals surface area contributed by atoms with E-state index in [-0.39, 0.29) is 5.97 Å². The van der Waals surface area contributed by atoms with Crippen molar-refractivity contribution in [2.75, 3.05) is 6.61 Å². The lowest BCUT2D eigenvalue weighted by atomic mass is 10.1. The average molecular weight is 220 g/mol. The number of hydrogen-bond acceptors (Lipinski definition) is 5. The number of esters is 1. The molecule has 16 heavy (non-hydrogen) atoms. The van der Waals surface area contributed by atoms with Gasteiger partial charge in [0.2, 0.25) is 0 Å². The van der Waals surface area contributed by atoms with Crippen LogP contribution in [-0.4, -0.2) is 30.0 Å². The maximum Gasteiger partial charge on any atom is 0.335 e. The van der Waals surface area contributed by atoms with E-state index in [1.54, 1.807) is 25.3 Å². The van der Waals surface area contributed by atoms with Crippen molar-refractivity contribution < 1.29 is 14.3 Å². The van der Waals surface area contributed by atoms with Gasteiger partial charge in [-0.2, -0.15) is 0 Å². The third-order valence-electron chi connectivity index (χ3n) is 2.22. The van der Waals surface area contributed by atoms with E-state index in [1.807, 2.05) is 6.07 Å². The van der Waals surface area contributed by atoms with E-state index < -0.39 is 12.1 Å². The van der Waals surface area contributed by atoms with Crippen LogP contribution in [0.25, 0.3) is 0 Å². The Labute approximate surface area is 93.1 Å². The zero-order valence-corrected chi connectivity index (χ0v) is 8.87. The molecule has 5 nitrogen and oxygen atoms in total. The van der Waals surface area contributed by atoms with Crippen LogP contribution in [0.5, 0.6) is 0 Å². The van der Waals surface area contributed by atoms with E-state index in [2.05, 4.69) is 9.98 Å². The number of carbonyl (C=O) groups is 1. The molecule has 1 aliphatic heterocycles. The fraction of sp³-hybridized carbons (Fsp3) is 0.364. The second-order valence-electron chi connectivity index (χ2n) is 3.26. The summed E-state index contributed by atoms with van der Waals surface area (Å²) in [5, 5.41) is 0. The first kappa shape index (κ1) is 10.6. The van der Waals surface area contributed by atoms with Crippen molar-refractivity contribution in [1.82, 2.24) is 4.98 Å². The summed E-state index contributed by atoms with van der Waals surface area (Å²) in [6.07, 6.45) is 2.46. The highest BCUT2D eigenvalue weighted by molar-refractivity contribution is 5.80. The van der Waals surface area contributed by atoms with Gasteiger partial charge in [0.15, 0.2) is 18.5 Å². The summed E-state index contributed by atoms with van der Waals surface area (Å²) in [6.45, 7) is 2.09. The van der Waals surface area contributed by atoms with Gasteiger partial charge < -0.3 is 9.47 Å². The van der Waals surface area contributed by atoms with Crippen LogP contribution >= 0.6 is 0 Å². The molecule has 2 heterocycles. The summed E-state index contributed by atoms with van der Waals surface area (Å²) in [5.41, 5.74) is 0.679. The molecule has 0 bridgehead atoms. The molecular weight excluding hydrogens is 208 g/mol. The number of ether oxygens (including phenoxy) is 2. The lowest BCUT2D eigenvalue weighted by molar-refractivity contribution is -0.146. The predicted octanol–water partition coefficient (Wildman–Crippen LogP) is 1.11. The molecule has 2 rings (SSSR count). The normalized spacial score (nSPS) is 22.8. The minimum absolute atomic E-state index is 0.333. The van der Waals surface area contributed by atoms with E-state index in [1.165, 1.54) is 6.40 Å². The van der Waals surface area contributed by atoms with Crippen molar-refractivity contribution in [3.8, 4) is 0 Å². The molecule has 1 aromatic heterocycles. The summed E-state index contributed by atoms with van der Waals surface area (Å²) in [4.78, 5) is 19.7. The van der Waals surface area contributed by atoms with Crippen LogP contribution in [0.1, 0.15) is 18.7 Å². The highest BCUT2D eigenvalue weighted by Gasteiger charge is 2.35. The number of hydrogen-bond donors (Lipinski definition) is 0. The summed E-state index contributed by atoms with van der Waals surface area (Å²) < 4.78 is 10.2. The number of nitrogens with zero attached hydrogens (tertiary/aromatic N) is 2. The minimum Gasteiger partial charge on any atom is -0.471 e. The zero-order chi connectivity index (χ0) is 11.4. The quantitative estimate of drug-likeness (QED) is 0.716. The SMILES string of the molecule is CCOC(=O)[C@H]1N=CO[C@H]1c1ccccn1. The number of aliphatic imine (C=N–C) groups is 1. The Morgan fingerprint density at radius 1 is 1.56 bits per heavy atom. The molecule has 1 aliphatic rings. The summed E-state index contributed by atoms with van der Waals surface area (Å²) in [7, 11) is 0. The molecule has 0 amide bonds. The van der Waals surface area contributed by atoms with E-state index in [0.717, 1.165) is 0 Å². The Morgan fingerprint density at radius 2 is 2.44 bits per heavy atom. The Bertz CT molecular complexity index is 391. The van der Waals surface area contributed by atoms with Crippen LogP contribution in [0.15, 0.2) is 29.4 Å². The van der Waals surface area contributed by atoms with Crippen molar-refractivity contribution in [2.45, 2.75) is 19.1 Å².